The van der Waals surface area contributed by atoms with Gasteiger partial charge in [0.15, 0.2) is 0 Å². The van der Waals surface area contributed by atoms with E-state index >= 15 is 0 Å². The van der Waals surface area contributed by atoms with E-state index in [4.69, 9.17) is 5.73 Å². The largest absolute Gasteiger partial charge is 0.326 e. The fourth-order valence-electron chi connectivity index (χ4n) is 2.81. The van der Waals surface area contributed by atoms with Crippen LogP contribution in [-0.2, 0) is 16.6 Å². The van der Waals surface area contributed by atoms with E-state index < -0.39 is 15.8 Å². The molecule has 6 heteroatoms. The SMILES string of the molecule is CCC1CCCN(S(=O)(=O)c2ccc(CN)cc2F)CC1. The van der Waals surface area contributed by atoms with Gasteiger partial charge in [-0.3, -0.25) is 0 Å². The third-order valence-corrected chi connectivity index (χ3v) is 6.17. The molecule has 2 N–H and O–H groups in total. The zero-order valence-electron chi connectivity index (χ0n) is 12.4. The second-order valence-electron chi connectivity index (χ2n) is 5.58. The Morgan fingerprint density at radius 3 is 2.71 bits per heavy atom. The minimum Gasteiger partial charge on any atom is -0.326 e. The molecule has 118 valence electrons. The van der Waals surface area contributed by atoms with E-state index in [1.165, 1.54) is 16.4 Å². The molecule has 4 nitrogen and oxygen atoms in total. The number of nitrogens with two attached hydrogens (primary N) is 1. The Balaban J connectivity index is 2.25. The highest BCUT2D eigenvalue weighted by Crippen LogP contribution is 2.26. The van der Waals surface area contributed by atoms with Crippen molar-refractivity contribution in [2.45, 2.75) is 44.0 Å². The summed E-state index contributed by atoms with van der Waals surface area (Å²) >= 11 is 0. The maximum absolute atomic E-state index is 14.1. The minimum atomic E-state index is -3.76. The minimum absolute atomic E-state index is 0.194. The highest BCUT2D eigenvalue weighted by atomic mass is 32.2. The molecule has 1 heterocycles. The third-order valence-electron chi connectivity index (χ3n) is 4.23. The summed E-state index contributed by atoms with van der Waals surface area (Å²) in [7, 11) is -3.76. The lowest BCUT2D eigenvalue weighted by molar-refractivity contribution is 0.404. The quantitative estimate of drug-likeness (QED) is 0.928. The molecule has 0 radical (unpaired) electrons. The number of hydrogen-bond acceptors (Lipinski definition) is 3. The van der Waals surface area contributed by atoms with Crippen LogP contribution in [0.4, 0.5) is 4.39 Å². The number of rotatable bonds is 4. The Labute approximate surface area is 126 Å². The molecular formula is C15H23FN2O2S. The summed E-state index contributed by atoms with van der Waals surface area (Å²) in [5, 5.41) is 0. The van der Waals surface area contributed by atoms with E-state index in [-0.39, 0.29) is 11.4 Å². The number of hydrogen-bond donors (Lipinski definition) is 1. The summed E-state index contributed by atoms with van der Waals surface area (Å²) in [6, 6.07) is 4.11. The third kappa shape index (κ3) is 3.62. The summed E-state index contributed by atoms with van der Waals surface area (Å²) in [4.78, 5) is -0.241. The summed E-state index contributed by atoms with van der Waals surface area (Å²) < 4.78 is 40.7. The molecule has 1 aliphatic heterocycles. The lowest BCUT2D eigenvalue weighted by Gasteiger charge is -2.20. The van der Waals surface area contributed by atoms with Gasteiger partial charge in [0.25, 0.3) is 0 Å². The number of halogens is 1. The molecule has 1 saturated heterocycles. The molecule has 1 fully saturated rings. The van der Waals surface area contributed by atoms with Crippen LogP contribution in [0.2, 0.25) is 0 Å². The van der Waals surface area contributed by atoms with Crippen molar-refractivity contribution in [2.75, 3.05) is 13.1 Å². The van der Waals surface area contributed by atoms with Crippen LogP contribution in [0.1, 0.15) is 38.2 Å². The fraction of sp³-hybridized carbons (Fsp3) is 0.600. The normalized spacial score (nSPS) is 21.2. The maximum Gasteiger partial charge on any atom is 0.245 e. The Morgan fingerprint density at radius 2 is 2.10 bits per heavy atom. The smallest absolute Gasteiger partial charge is 0.245 e. The van der Waals surface area contributed by atoms with Crippen LogP contribution in [0.25, 0.3) is 0 Å². The molecule has 0 saturated carbocycles. The summed E-state index contributed by atoms with van der Waals surface area (Å²) in [6.45, 7) is 3.26. The van der Waals surface area contributed by atoms with Crippen molar-refractivity contribution in [1.29, 1.82) is 0 Å². The molecule has 0 aromatic heterocycles. The van der Waals surface area contributed by atoms with Crippen LogP contribution in [0, 0.1) is 11.7 Å². The Bertz CT molecular complexity index is 589. The van der Waals surface area contributed by atoms with Gasteiger partial charge >= 0.3 is 0 Å². The van der Waals surface area contributed by atoms with Crippen LogP contribution >= 0.6 is 0 Å². The van der Waals surface area contributed by atoms with Crippen molar-refractivity contribution in [1.82, 2.24) is 4.31 Å². The van der Waals surface area contributed by atoms with Crippen molar-refractivity contribution in [3.05, 3.63) is 29.6 Å². The highest BCUT2D eigenvalue weighted by molar-refractivity contribution is 7.89. The van der Waals surface area contributed by atoms with E-state index in [9.17, 15) is 12.8 Å². The summed E-state index contributed by atoms with van der Waals surface area (Å²) in [5.41, 5.74) is 6.04. The molecule has 1 aromatic carbocycles. The van der Waals surface area contributed by atoms with Crippen LogP contribution in [-0.4, -0.2) is 25.8 Å². The molecule has 1 aromatic rings. The highest BCUT2D eigenvalue weighted by Gasteiger charge is 2.29. The van der Waals surface area contributed by atoms with Crippen molar-refractivity contribution >= 4 is 10.0 Å². The molecule has 21 heavy (non-hydrogen) atoms. The molecule has 0 bridgehead atoms. The van der Waals surface area contributed by atoms with Gasteiger partial charge in [-0.05, 0) is 42.9 Å². The van der Waals surface area contributed by atoms with E-state index in [1.807, 2.05) is 0 Å². The van der Waals surface area contributed by atoms with E-state index in [1.54, 1.807) is 6.07 Å². The fourth-order valence-corrected chi connectivity index (χ4v) is 4.35. The van der Waals surface area contributed by atoms with E-state index in [2.05, 4.69) is 6.92 Å². The average molecular weight is 314 g/mol. The van der Waals surface area contributed by atoms with Crippen LogP contribution in [0.3, 0.4) is 0 Å². The lowest BCUT2D eigenvalue weighted by Crippen LogP contribution is -2.32. The summed E-state index contributed by atoms with van der Waals surface area (Å²) in [5.74, 6) is -0.149. The Hall–Kier alpha value is -0.980. The molecule has 2 rings (SSSR count). The predicted octanol–water partition coefficient (Wildman–Crippen LogP) is 2.49. The maximum atomic E-state index is 14.1. The van der Waals surface area contributed by atoms with Crippen LogP contribution in [0.15, 0.2) is 23.1 Å². The lowest BCUT2D eigenvalue weighted by atomic mass is 9.98. The second kappa shape index (κ2) is 6.85. The van der Waals surface area contributed by atoms with Gasteiger partial charge < -0.3 is 5.73 Å². The standard InChI is InChI=1S/C15H23FN2O2S/c1-2-12-4-3-8-18(9-7-12)21(19,20)15-6-5-13(11-17)10-14(15)16/h5-6,10,12H,2-4,7-9,11,17H2,1H3. The molecule has 1 atom stereocenters. The first kappa shape index (κ1) is 16.4. The Morgan fingerprint density at radius 1 is 1.33 bits per heavy atom. The van der Waals surface area contributed by atoms with Gasteiger partial charge in [0.05, 0.1) is 0 Å². The van der Waals surface area contributed by atoms with Gasteiger partial charge in [-0.2, -0.15) is 4.31 Å². The predicted molar refractivity (Wildman–Crippen MR) is 80.7 cm³/mol. The van der Waals surface area contributed by atoms with Crippen molar-refractivity contribution in [3.8, 4) is 0 Å². The van der Waals surface area contributed by atoms with Gasteiger partial charge in [-0.1, -0.05) is 19.4 Å². The van der Waals surface area contributed by atoms with Crippen LogP contribution < -0.4 is 5.73 Å². The number of sulfonamides is 1. The van der Waals surface area contributed by atoms with Crippen LogP contribution in [0.5, 0.6) is 0 Å². The summed E-state index contributed by atoms with van der Waals surface area (Å²) in [6.07, 6.45) is 3.78. The monoisotopic (exact) mass is 314 g/mol. The average Bonchev–Trinajstić information content (AvgIpc) is 2.72. The molecule has 0 amide bonds. The van der Waals surface area contributed by atoms with Gasteiger partial charge in [0, 0.05) is 19.6 Å². The second-order valence-corrected chi connectivity index (χ2v) is 7.48. The van der Waals surface area contributed by atoms with Crippen molar-refractivity contribution in [3.63, 3.8) is 0 Å². The van der Waals surface area contributed by atoms with Crippen molar-refractivity contribution in [2.24, 2.45) is 11.7 Å². The van der Waals surface area contributed by atoms with Gasteiger partial charge in [-0.15, -0.1) is 0 Å². The Kier molecular flexibility index (Phi) is 5.35. The van der Waals surface area contributed by atoms with E-state index in [0.29, 0.717) is 24.6 Å². The first-order chi connectivity index (χ1) is 9.98. The van der Waals surface area contributed by atoms with Gasteiger partial charge in [0.1, 0.15) is 10.7 Å². The number of benzene rings is 1. The first-order valence-corrected chi connectivity index (χ1v) is 8.91. The molecule has 1 aliphatic rings. The van der Waals surface area contributed by atoms with E-state index in [0.717, 1.165) is 25.7 Å². The van der Waals surface area contributed by atoms with Gasteiger partial charge in [0.2, 0.25) is 10.0 Å². The van der Waals surface area contributed by atoms with Gasteiger partial charge in [-0.25, -0.2) is 12.8 Å². The molecule has 0 spiro atoms. The molecular weight excluding hydrogens is 291 g/mol. The molecule has 0 aliphatic carbocycles. The topological polar surface area (TPSA) is 63.4 Å². The molecule has 1 unspecified atom stereocenters. The van der Waals surface area contributed by atoms with Crippen molar-refractivity contribution < 1.29 is 12.8 Å². The zero-order valence-corrected chi connectivity index (χ0v) is 13.2. The zero-order chi connectivity index (χ0) is 15.5. The first-order valence-electron chi connectivity index (χ1n) is 7.47. The number of nitrogens with zero attached hydrogens (tertiary/aromatic N) is 1.